The fraction of sp³-hybridized carbons (Fsp3) is 0.397. The molecule has 11 rings (SSSR count). The van der Waals surface area contributed by atoms with Gasteiger partial charge < -0.3 is 19.6 Å². The number of amides is 3. The van der Waals surface area contributed by atoms with E-state index in [9.17, 15) is 24.3 Å². The van der Waals surface area contributed by atoms with Crippen molar-refractivity contribution in [3.05, 3.63) is 125 Å². The molecule has 2 atom stereocenters. The van der Waals surface area contributed by atoms with Crippen molar-refractivity contribution in [2.75, 3.05) is 54.4 Å². The van der Waals surface area contributed by atoms with E-state index < -0.39 is 11.9 Å². The second kappa shape index (κ2) is 21.0. The number of fused-ring (bicyclic) bond motifs is 3. The number of thiazole rings is 1. The van der Waals surface area contributed by atoms with Crippen molar-refractivity contribution in [3.8, 4) is 16.9 Å². The lowest BCUT2D eigenvalue weighted by Gasteiger charge is -2.37. The van der Waals surface area contributed by atoms with Crippen molar-refractivity contribution in [3.63, 3.8) is 0 Å². The molecule has 7 aromatic rings. The Bertz CT molecular complexity index is 3250. The molecule has 3 aromatic heterocycles. The largest absolute Gasteiger partial charge is 0.490 e. The third-order valence-electron chi connectivity index (χ3n) is 15.8. The number of pyridine rings is 1. The Hall–Kier alpha value is -7.17. The minimum atomic E-state index is -1.10. The molecule has 6 heterocycles. The van der Waals surface area contributed by atoms with Crippen molar-refractivity contribution in [1.82, 2.24) is 30.0 Å². The number of nitrogens with one attached hydrogen (secondary N) is 2. The number of imide groups is 1. The molecule has 1 saturated carbocycles. The lowest BCUT2D eigenvalue weighted by Crippen LogP contribution is -2.47. The van der Waals surface area contributed by atoms with Crippen molar-refractivity contribution < 1.29 is 29.0 Å². The first-order chi connectivity index (χ1) is 35.9. The number of aryl methyl sites for hydroxylation is 2. The van der Waals surface area contributed by atoms with Gasteiger partial charge in [-0.25, -0.2) is 14.8 Å². The number of carbonyl (C=O) groups is 4. The molecule has 1 unspecified atom stereocenters. The third-order valence-corrected chi connectivity index (χ3v) is 16.8. The molecule has 0 bridgehead atoms. The quantitative estimate of drug-likeness (QED) is 0.0882. The van der Waals surface area contributed by atoms with Crippen molar-refractivity contribution >= 4 is 72.8 Å². The van der Waals surface area contributed by atoms with Crippen LogP contribution in [0.3, 0.4) is 0 Å². The summed E-state index contributed by atoms with van der Waals surface area (Å²) in [7, 11) is 1.92. The predicted octanol–water partition coefficient (Wildman–Crippen LogP) is 9.76. The molecule has 15 nitrogen and oxygen atoms in total. The van der Waals surface area contributed by atoms with Gasteiger partial charge in [-0.2, -0.15) is 5.10 Å². The molecule has 3 fully saturated rings. The zero-order valence-electron chi connectivity index (χ0n) is 42.3. The smallest absolute Gasteiger partial charge is 0.355 e. The number of anilines is 3. The molecule has 0 spiro atoms. The molecule has 74 heavy (non-hydrogen) atoms. The second-order valence-corrected chi connectivity index (χ2v) is 21.9. The van der Waals surface area contributed by atoms with Crippen LogP contribution in [0, 0.1) is 18.8 Å². The van der Waals surface area contributed by atoms with Crippen LogP contribution in [0.5, 0.6) is 5.75 Å². The van der Waals surface area contributed by atoms with Gasteiger partial charge in [0.1, 0.15) is 11.6 Å². The number of ether oxygens (including phenoxy) is 1. The summed E-state index contributed by atoms with van der Waals surface area (Å²) in [6, 6.07) is 29.7. The first kappa shape index (κ1) is 49.1. The highest BCUT2D eigenvalue weighted by molar-refractivity contribution is 7.22. The van der Waals surface area contributed by atoms with E-state index in [0.717, 1.165) is 113 Å². The summed E-state index contributed by atoms with van der Waals surface area (Å²) >= 11 is 1.44. The lowest BCUT2D eigenvalue weighted by molar-refractivity contribution is -0.134. The molecule has 4 aliphatic rings. The summed E-state index contributed by atoms with van der Waals surface area (Å²) in [6.45, 7) is 10.5. The minimum absolute atomic E-state index is 0.0112. The van der Waals surface area contributed by atoms with Gasteiger partial charge in [-0.1, -0.05) is 55.0 Å². The zero-order valence-corrected chi connectivity index (χ0v) is 43.1. The number of hydrogen-bond acceptors (Lipinski definition) is 12. The van der Waals surface area contributed by atoms with Crippen LogP contribution in [0.2, 0.25) is 0 Å². The summed E-state index contributed by atoms with van der Waals surface area (Å²) in [5.74, 6) is 0.484. The topological polar surface area (TPSA) is 175 Å². The Labute approximate surface area is 434 Å². The van der Waals surface area contributed by atoms with Gasteiger partial charge in [-0.15, -0.1) is 0 Å². The average molecular weight is 1010 g/mol. The van der Waals surface area contributed by atoms with Gasteiger partial charge in [0.15, 0.2) is 10.8 Å². The summed E-state index contributed by atoms with van der Waals surface area (Å²) in [4.78, 5) is 67.2. The zero-order chi connectivity index (χ0) is 51.0. The number of hydrogen-bond donors (Lipinski definition) is 3. The van der Waals surface area contributed by atoms with Crippen LogP contribution in [-0.4, -0.2) is 98.8 Å². The van der Waals surface area contributed by atoms with Gasteiger partial charge in [0.05, 0.1) is 33.4 Å². The fourth-order valence-corrected chi connectivity index (χ4v) is 12.6. The number of carbonyl (C=O) groups excluding carboxylic acids is 3. The minimum Gasteiger partial charge on any atom is -0.490 e. The SMILES string of the molecule is Cc1cc(OC2CCC(CC[C@@H](C)CN3CCN(c4ccc5c(C6CCC(=O)NC6=O)nn(C)c5c4)CC3)CC2)ccc1-c1ccc(N2CCc3cccc(C(=O)Nc4nc5ccccc5s4)c3C2)nc1C(=O)O. The van der Waals surface area contributed by atoms with Crippen LogP contribution in [-0.2, 0) is 29.6 Å². The average Bonchev–Trinajstić information content (AvgIpc) is 3.97. The van der Waals surface area contributed by atoms with Crippen LogP contribution in [0.4, 0.5) is 16.6 Å². The Morgan fingerprint density at radius 3 is 2.46 bits per heavy atom. The van der Waals surface area contributed by atoms with E-state index in [1.54, 1.807) is 0 Å². The molecule has 2 saturated heterocycles. The van der Waals surface area contributed by atoms with Crippen molar-refractivity contribution in [2.45, 2.75) is 90.2 Å². The van der Waals surface area contributed by atoms with E-state index >= 15 is 0 Å². The molecule has 382 valence electrons. The lowest BCUT2D eigenvalue weighted by atomic mass is 9.83. The molecule has 3 N–H and O–H groups in total. The van der Waals surface area contributed by atoms with Gasteiger partial charge in [-0.3, -0.25) is 34.6 Å². The van der Waals surface area contributed by atoms with E-state index in [1.165, 1.54) is 29.9 Å². The van der Waals surface area contributed by atoms with E-state index in [0.29, 0.717) is 66.3 Å². The fourth-order valence-electron chi connectivity index (χ4n) is 11.8. The molecule has 0 radical (unpaired) electrons. The Kier molecular flexibility index (Phi) is 13.9. The monoisotopic (exact) mass is 1010 g/mol. The van der Waals surface area contributed by atoms with Crippen LogP contribution >= 0.6 is 11.3 Å². The second-order valence-electron chi connectivity index (χ2n) is 20.8. The normalized spacial score (nSPS) is 19.9. The Morgan fingerprint density at radius 2 is 1.68 bits per heavy atom. The summed E-state index contributed by atoms with van der Waals surface area (Å²) in [5, 5.41) is 22.2. The van der Waals surface area contributed by atoms with Gasteiger partial charge >= 0.3 is 5.97 Å². The van der Waals surface area contributed by atoms with Gasteiger partial charge in [0.2, 0.25) is 11.8 Å². The molecule has 1 aliphatic carbocycles. The number of rotatable bonds is 14. The van der Waals surface area contributed by atoms with Crippen LogP contribution in [0.15, 0.2) is 91.0 Å². The maximum absolute atomic E-state index is 13.6. The Morgan fingerprint density at radius 1 is 0.865 bits per heavy atom. The van der Waals surface area contributed by atoms with Crippen LogP contribution < -0.4 is 25.2 Å². The van der Waals surface area contributed by atoms with E-state index in [1.807, 2.05) is 96.3 Å². The van der Waals surface area contributed by atoms with E-state index in [4.69, 9.17) is 14.8 Å². The first-order valence-electron chi connectivity index (χ1n) is 26.2. The maximum Gasteiger partial charge on any atom is 0.355 e. The van der Waals surface area contributed by atoms with Gasteiger partial charge in [0, 0.05) is 81.5 Å². The number of aromatic nitrogens is 4. The van der Waals surface area contributed by atoms with Crippen LogP contribution in [0.25, 0.3) is 32.2 Å². The Balaban J connectivity index is 0.642. The first-order valence-corrected chi connectivity index (χ1v) is 27.0. The summed E-state index contributed by atoms with van der Waals surface area (Å²) in [6.07, 6.45) is 8.49. The number of piperazine rings is 1. The van der Waals surface area contributed by atoms with Crippen LogP contribution in [0.1, 0.15) is 107 Å². The van der Waals surface area contributed by atoms with Crippen molar-refractivity contribution in [1.29, 1.82) is 0 Å². The molecule has 16 heteroatoms. The van der Waals surface area contributed by atoms with E-state index in [-0.39, 0.29) is 29.5 Å². The van der Waals surface area contributed by atoms with Crippen molar-refractivity contribution in [2.24, 2.45) is 18.9 Å². The molecule has 3 aliphatic heterocycles. The number of carboxylic acid groups (broad SMARTS) is 1. The predicted molar refractivity (Wildman–Crippen MR) is 289 cm³/mol. The number of carboxylic acids is 1. The number of benzene rings is 4. The standard InChI is InChI=1S/C58H63N9O6S/c1-35(33-65-27-29-66(30-28-65)39-15-19-45-49(32-39)64(3)63-53(45)46-22-24-52(68)61-56(46)70)11-12-37-13-16-40(17-14-37)73-41-18-20-42(36(2)31-41)43-21-23-51(60-54(43)57(71)72)67-26-25-38-7-6-8-44(47(38)34-67)55(69)62-58-59-48-9-4-5-10-50(48)74-58/h4-10,15,18-21,23,31-32,35,37,40,46H,11-14,16-17,22,24-30,33-34H2,1-3H3,(H,71,72)(H,59,62,69)(H,61,68,70)/t35-,37?,40?,46?/m1/s1. The molecule has 3 amide bonds. The highest BCUT2D eigenvalue weighted by Gasteiger charge is 2.33. The number of para-hydroxylation sites is 1. The highest BCUT2D eigenvalue weighted by Crippen LogP contribution is 2.37. The molecular weight excluding hydrogens is 951 g/mol. The molecular formula is C58H63N9O6S. The number of nitrogens with zero attached hydrogens (tertiary/aromatic N) is 7. The third kappa shape index (κ3) is 10.3. The van der Waals surface area contributed by atoms with Gasteiger partial charge in [0.25, 0.3) is 5.91 Å². The number of aromatic carboxylic acids is 1. The molecule has 4 aromatic carbocycles. The summed E-state index contributed by atoms with van der Waals surface area (Å²) < 4.78 is 9.43. The van der Waals surface area contributed by atoms with E-state index in [2.05, 4.69) is 50.5 Å². The summed E-state index contributed by atoms with van der Waals surface area (Å²) in [5.41, 5.74) is 8.59. The number of piperidine rings is 1. The van der Waals surface area contributed by atoms with Gasteiger partial charge in [-0.05, 0) is 147 Å². The maximum atomic E-state index is 13.6. The highest BCUT2D eigenvalue weighted by atomic mass is 32.1.